The second-order valence-electron chi connectivity index (χ2n) is 7.17. The molecule has 1 aromatic rings. The minimum atomic E-state index is -0.935. The molecule has 0 aliphatic carbocycles. The van der Waals surface area contributed by atoms with E-state index in [2.05, 4.69) is 10.6 Å². The van der Waals surface area contributed by atoms with Crippen molar-refractivity contribution in [1.29, 1.82) is 0 Å². The van der Waals surface area contributed by atoms with E-state index in [9.17, 15) is 18.4 Å². The molecule has 2 aliphatic heterocycles. The van der Waals surface area contributed by atoms with Crippen molar-refractivity contribution < 1.29 is 18.4 Å². The summed E-state index contributed by atoms with van der Waals surface area (Å²) in [5.41, 5.74) is 0.469. The average molecular weight is 402 g/mol. The first-order valence-corrected chi connectivity index (χ1v) is 9.25. The number of carbonyl (C=O) groups is 2. The Labute approximate surface area is 164 Å². The molecule has 2 atom stereocenters. The molecule has 2 unspecified atom stereocenters. The van der Waals surface area contributed by atoms with E-state index in [1.165, 1.54) is 6.07 Å². The van der Waals surface area contributed by atoms with Crippen molar-refractivity contribution in [1.82, 2.24) is 15.5 Å². The van der Waals surface area contributed by atoms with Crippen LogP contribution in [0.3, 0.4) is 0 Å². The van der Waals surface area contributed by atoms with E-state index in [1.54, 1.807) is 4.90 Å². The molecule has 0 aromatic heterocycles. The van der Waals surface area contributed by atoms with E-state index in [0.29, 0.717) is 25.2 Å². The van der Waals surface area contributed by atoms with Gasteiger partial charge in [-0.15, -0.1) is 12.4 Å². The molecule has 1 aromatic carbocycles. The number of rotatable bonds is 5. The molecular formula is C19H26ClF2N3O2. The summed E-state index contributed by atoms with van der Waals surface area (Å²) < 4.78 is 26.3. The van der Waals surface area contributed by atoms with Gasteiger partial charge in [0, 0.05) is 19.6 Å². The van der Waals surface area contributed by atoms with Crippen molar-refractivity contribution in [3.05, 3.63) is 35.4 Å². The van der Waals surface area contributed by atoms with Gasteiger partial charge in [-0.25, -0.2) is 8.78 Å². The summed E-state index contributed by atoms with van der Waals surface area (Å²) in [6.45, 7) is 2.69. The highest BCUT2D eigenvalue weighted by atomic mass is 35.5. The number of amides is 2. The third-order valence-corrected chi connectivity index (χ3v) is 5.15. The fourth-order valence-corrected chi connectivity index (χ4v) is 3.67. The van der Waals surface area contributed by atoms with Crippen molar-refractivity contribution in [2.45, 2.75) is 38.1 Å². The van der Waals surface area contributed by atoms with Gasteiger partial charge >= 0.3 is 0 Å². The van der Waals surface area contributed by atoms with Gasteiger partial charge in [-0.3, -0.25) is 9.59 Å². The number of likely N-dealkylation sites (tertiary alicyclic amines) is 1. The zero-order valence-corrected chi connectivity index (χ0v) is 16.0. The van der Waals surface area contributed by atoms with Gasteiger partial charge in [0.2, 0.25) is 11.8 Å². The Bertz CT molecular complexity index is 668. The molecule has 2 N–H and O–H groups in total. The maximum absolute atomic E-state index is 13.3. The lowest BCUT2D eigenvalue weighted by molar-refractivity contribution is -0.132. The predicted molar refractivity (Wildman–Crippen MR) is 101 cm³/mol. The second kappa shape index (κ2) is 9.99. The Morgan fingerprint density at radius 2 is 2.00 bits per heavy atom. The van der Waals surface area contributed by atoms with E-state index in [1.807, 2.05) is 0 Å². The van der Waals surface area contributed by atoms with Crippen LogP contribution < -0.4 is 10.6 Å². The van der Waals surface area contributed by atoms with Crippen LogP contribution in [0.2, 0.25) is 0 Å². The zero-order chi connectivity index (χ0) is 18.5. The minimum Gasteiger partial charge on any atom is -0.354 e. The fraction of sp³-hybridized carbons (Fsp3) is 0.579. The first kappa shape index (κ1) is 21.6. The highest BCUT2D eigenvalue weighted by Gasteiger charge is 2.26. The summed E-state index contributed by atoms with van der Waals surface area (Å²) in [5, 5.41) is 6.16. The first-order valence-electron chi connectivity index (χ1n) is 9.25. The fourth-order valence-electron chi connectivity index (χ4n) is 3.67. The molecule has 150 valence electrons. The molecular weight excluding hydrogens is 376 g/mol. The van der Waals surface area contributed by atoms with Crippen LogP contribution >= 0.6 is 12.4 Å². The van der Waals surface area contributed by atoms with Crippen LogP contribution in [-0.4, -0.2) is 48.9 Å². The zero-order valence-electron chi connectivity index (χ0n) is 15.2. The molecule has 0 bridgehead atoms. The molecule has 2 amide bonds. The molecule has 0 spiro atoms. The summed E-state index contributed by atoms with van der Waals surface area (Å²) in [5.74, 6) is -1.68. The van der Waals surface area contributed by atoms with Crippen molar-refractivity contribution in [3.8, 4) is 0 Å². The summed E-state index contributed by atoms with van der Waals surface area (Å²) in [6, 6.07) is 3.46. The van der Waals surface area contributed by atoms with Gasteiger partial charge < -0.3 is 15.5 Å². The van der Waals surface area contributed by atoms with E-state index >= 15 is 0 Å². The predicted octanol–water partition coefficient (Wildman–Crippen LogP) is 2.04. The number of carbonyl (C=O) groups excluding carboxylic acids is 2. The van der Waals surface area contributed by atoms with Crippen LogP contribution in [0.25, 0.3) is 0 Å². The molecule has 2 heterocycles. The lowest BCUT2D eigenvalue weighted by Gasteiger charge is -2.33. The standard InChI is InChI=1S/C19H25F2N3O2.ClH/c20-15-6-5-13(9-16(15)21)10-18(25)24-8-2-3-14(12-24)11-23-19(26)17-4-1-7-22-17;/h5-6,9,14,17,22H,1-4,7-8,10-12H2,(H,23,26);1H. The molecule has 27 heavy (non-hydrogen) atoms. The highest BCUT2D eigenvalue weighted by molar-refractivity contribution is 5.85. The monoisotopic (exact) mass is 401 g/mol. The quantitative estimate of drug-likeness (QED) is 0.793. The van der Waals surface area contributed by atoms with E-state index in [4.69, 9.17) is 0 Å². The van der Waals surface area contributed by atoms with Crippen LogP contribution in [0.15, 0.2) is 18.2 Å². The normalized spacial score (nSPS) is 22.2. The molecule has 0 radical (unpaired) electrons. The molecule has 3 rings (SSSR count). The first-order chi connectivity index (χ1) is 12.5. The Morgan fingerprint density at radius 3 is 2.70 bits per heavy atom. The minimum absolute atomic E-state index is 0. The van der Waals surface area contributed by atoms with E-state index in [-0.39, 0.29) is 42.6 Å². The van der Waals surface area contributed by atoms with Gasteiger partial charge in [0.25, 0.3) is 0 Å². The number of nitrogens with zero attached hydrogens (tertiary/aromatic N) is 1. The molecule has 0 saturated carbocycles. The van der Waals surface area contributed by atoms with Crippen LogP contribution in [0.1, 0.15) is 31.2 Å². The summed E-state index contributed by atoms with van der Waals surface area (Å²) in [6.07, 6.45) is 3.80. The van der Waals surface area contributed by atoms with Gasteiger partial charge in [0.1, 0.15) is 0 Å². The number of piperidine rings is 1. The highest BCUT2D eigenvalue weighted by Crippen LogP contribution is 2.18. The Hall–Kier alpha value is -1.73. The van der Waals surface area contributed by atoms with Crippen LogP contribution in [0, 0.1) is 17.6 Å². The molecule has 5 nitrogen and oxygen atoms in total. The maximum Gasteiger partial charge on any atom is 0.237 e. The van der Waals surface area contributed by atoms with Crippen LogP contribution in [0.5, 0.6) is 0 Å². The average Bonchev–Trinajstić information content (AvgIpc) is 3.18. The summed E-state index contributed by atoms with van der Waals surface area (Å²) >= 11 is 0. The summed E-state index contributed by atoms with van der Waals surface area (Å²) in [7, 11) is 0. The van der Waals surface area contributed by atoms with Gasteiger partial charge in [0.05, 0.1) is 12.5 Å². The van der Waals surface area contributed by atoms with Gasteiger partial charge in [0.15, 0.2) is 11.6 Å². The maximum atomic E-state index is 13.3. The largest absolute Gasteiger partial charge is 0.354 e. The van der Waals surface area contributed by atoms with Crippen molar-refractivity contribution >= 4 is 24.2 Å². The van der Waals surface area contributed by atoms with Crippen LogP contribution in [0.4, 0.5) is 8.78 Å². The number of benzene rings is 1. The molecule has 2 fully saturated rings. The topological polar surface area (TPSA) is 61.4 Å². The van der Waals surface area contributed by atoms with Crippen molar-refractivity contribution in [2.75, 3.05) is 26.2 Å². The number of halogens is 3. The number of nitrogens with one attached hydrogen (secondary N) is 2. The Kier molecular flexibility index (Phi) is 7.98. The third kappa shape index (κ3) is 5.87. The Balaban J connectivity index is 0.00000261. The van der Waals surface area contributed by atoms with Gasteiger partial charge in [-0.2, -0.15) is 0 Å². The van der Waals surface area contributed by atoms with Gasteiger partial charge in [-0.05, 0) is 55.8 Å². The molecule has 2 aliphatic rings. The number of hydrogen-bond acceptors (Lipinski definition) is 3. The second-order valence-corrected chi connectivity index (χ2v) is 7.17. The van der Waals surface area contributed by atoms with Gasteiger partial charge in [-0.1, -0.05) is 6.07 Å². The lowest BCUT2D eigenvalue weighted by atomic mass is 9.97. The SMILES string of the molecule is Cl.O=C(NCC1CCCN(C(=O)Cc2ccc(F)c(F)c2)C1)C1CCCN1. The van der Waals surface area contributed by atoms with E-state index in [0.717, 1.165) is 44.4 Å². The lowest BCUT2D eigenvalue weighted by Crippen LogP contribution is -2.47. The van der Waals surface area contributed by atoms with Crippen molar-refractivity contribution in [2.24, 2.45) is 5.92 Å². The molecule has 2 saturated heterocycles. The Morgan fingerprint density at radius 1 is 1.19 bits per heavy atom. The molecule has 8 heteroatoms. The van der Waals surface area contributed by atoms with E-state index < -0.39 is 11.6 Å². The van der Waals surface area contributed by atoms with Crippen molar-refractivity contribution in [3.63, 3.8) is 0 Å². The smallest absolute Gasteiger partial charge is 0.237 e. The van der Waals surface area contributed by atoms with Crippen LogP contribution in [-0.2, 0) is 16.0 Å². The summed E-state index contributed by atoms with van der Waals surface area (Å²) in [4.78, 5) is 26.3. The third-order valence-electron chi connectivity index (χ3n) is 5.15. The number of hydrogen-bond donors (Lipinski definition) is 2.